The molecule has 0 amide bonds. The van der Waals surface area contributed by atoms with Gasteiger partial charge < -0.3 is 4.74 Å². The highest BCUT2D eigenvalue weighted by molar-refractivity contribution is 5.66. The highest BCUT2D eigenvalue weighted by Gasteiger charge is 2.42. The molecule has 0 radical (unpaired) electrons. The monoisotopic (exact) mass is 210 g/mol. The van der Waals surface area contributed by atoms with Crippen LogP contribution < -0.4 is 0 Å². The summed E-state index contributed by atoms with van der Waals surface area (Å²) in [4.78, 5) is 10.9. The molecule has 2 heteroatoms. The molecule has 15 heavy (non-hydrogen) atoms. The maximum absolute atomic E-state index is 10.9. The van der Waals surface area contributed by atoms with Crippen molar-refractivity contribution in [3.63, 3.8) is 0 Å². The quantitative estimate of drug-likeness (QED) is 0.669. The third-order valence-corrected chi connectivity index (χ3v) is 4.10. The minimum absolute atomic E-state index is 0.106. The lowest BCUT2D eigenvalue weighted by atomic mass is 9.98. The van der Waals surface area contributed by atoms with Gasteiger partial charge in [0.25, 0.3) is 0 Å². The van der Waals surface area contributed by atoms with Gasteiger partial charge in [0.1, 0.15) is 6.10 Å². The Labute approximate surface area is 92.4 Å². The molecule has 86 valence electrons. The van der Waals surface area contributed by atoms with Crippen LogP contribution in [0, 0.1) is 17.8 Å². The van der Waals surface area contributed by atoms with Gasteiger partial charge in [-0.05, 0) is 43.4 Å². The van der Waals surface area contributed by atoms with Crippen molar-refractivity contribution < 1.29 is 9.53 Å². The largest absolute Gasteiger partial charge is 0.463 e. The summed E-state index contributed by atoms with van der Waals surface area (Å²) in [6.45, 7) is 3.80. The van der Waals surface area contributed by atoms with E-state index in [1.54, 1.807) is 0 Å². The molecule has 2 nitrogen and oxygen atoms in total. The first-order chi connectivity index (χ1) is 7.19. The van der Waals surface area contributed by atoms with E-state index in [4.69, 9.17) is 4.74 Å². The van der Waals surface area contributed by atoms with E-state index in [1.807, 2.05) is 0 Å². The fourth-order valence-corrected chi connectivity index (χ4v) is 3.66. The van der Waals surface area contributed by atoms with Gasteiger partial charge in [0.15, 0.2) is 0 Å². The Morgan fingerprint density at radius 1 is 1.20 bits per heavy atom. The van der Waals surface area contributed by atoms with Crippen molar-refractivity contribution >= 4 is 5.97 Å². The lowest BCUT2D eigenvalue weighted by molar-refractivity contribution is -0.146. The van der Waals surface area contributed by atoms with Crippen LogP contribution in [0.25, 0.3) is 0 Å². The van der Waals surface area contributed by atoms with Gasteiger partial charge in [-0.1, -0.05) is 19.8 Å². The summed E-state index contributed by atoms with van der Waals surface area (Å²) in [6.07, 6.45) is 7.98. The number of rotatable bonds is 3. The second kappa shape index (κ2) is 4.54. The fraction of sp³-hybridized carbons (Fsp3) is 0.923. The maximum Gasteiger partial charge on any atom is 0.302 e. The molecule has 0 aromatic carbocycles. The topological polar surface area (TPSA) is 26.3 Å². The molecular weight excluding hydrogens is 188 g/mol. The summed E-state index contributed by atoms with van der Waals surface area (Å²) in [7, 11) is 0. The molecule has 0 saturated heterocycles. The Bertz CT molecular complexity index is 223. The SMILES string of the molecule is CCCC1CC2CC(OC(C)=O)C[C@@H]2C1. The molecule has 2 saturated carbocycles. The smallest absolute Gasteiger partial charge is 0.302 e. The van der Waals surface area contributed by atoms with Crippen LogP contribution in [0.1, 0.15) is 52.4 Å². The zero-order chi connectivity index (χ0) is 10.8. The normalized spacial score (nSPS) is 39.1. The van der Waals surface area contributed by atoms with Gasteiger partial charge in [0.05, 0.1) is 0 Å². The van der Waals surface area contributed by atoms with Crippen LogP contribution in [0.4, 0.5) is 0 Å². The number of carbonyl (C=O) groups excluding carboxylic acids is 1. The van der Waals surface area contributed by atoms with Crippen LogP contribution in [-0.2, 0) is 9.53 Å². The molecule has 2 fully saturated rings. The van der Waals surface area contributed by atoms with E-state index >= 15 is 0 Å². The van der Waals surface area contributed by atoms with Crippen molar-refractivity contribution in [2.45, 2.75) is 58.5 Å². The Morgan fingerprint density at radius 2 is 1.80 bits per heavy atom. The summed E-state index contributed by atoms with van der Waals surface area (Å²) in [6, 6.07) is 0. The first-order valence-corrected chi connectivity index (χ1v) is 6.36. The number of hydrogen-bond acceptors (Lipinski definition) is 2. The third kappa shape index (κ3) is 2.53. The van der Waals surface area contributed by atoms with Gasteiger partial charge in [-0.15, -0.1) is 0 Å². The first kappa shape index (κ1) is 11.0. The van der Waals surface area contributed by atoms with Crippen LogP contribution in [0.3, 0.4) is 0 Å². The standard InChI is InChI=1S/C13H22O2/c1-3-4-10-5-11-7-13(15-9(2)14)8-12(11)6-10/h10-13H,3-8H2,1-2H3/t10?,11-,12?,13?/m0/s1. The van der Waals surface area contributed by atoms with E-state index < -0.39 is 0 Å². The van der Waals surface area contributed by atoms with E-state index in [9.17, 15) is 4.79 Å². The van der Waals surface area contributed by atoms with Gasteiger partial charge in [-0.25, -0.2) is 0 Å². The molecule has 2 aliphatic carbocycles. The second-order valence-electron chi connectivity index (χ2n) is 5.35. The lowest BCUT2D eigenvalue weighted by Crippen LogP contribution is -2.13. The number of esters is 1. The van der Waals surface area contributed by atoms with Crippen LogP contribution in [0.2, 0.25) is 0 Å². The first-order valence-electron chi connectivity index (χ1n) is 6.36. The Morgan fingerprint density at radius 3 is 2.27 bits per heavy atom. The molecule has 3 unspecified atom stereocenters. The summed E-state index contributed by atoms with van der Waals surface area (Å²) >= 11 is 0. The molecule has 0 N–H and O–H groups in total. The zero-order valence-electron chi connectivity index (χ0n) is 9.87. The molecule has 0 aromatic heterocycles. The van der Waals surface area contributed by atoms with Crippen molar-refractivity contribution in [1.29, 1.82) is 0 Å². The molecule has 0 aliphatic heterocycles. The van der Waals surface area contributed by atoms with Crippen molar-refractivity contribution in [1.82, 2.24) is 0 Å². The van der Waals surface area contributed by atoms with Gasteiger partial charge in [0, 0.05) is 6.92 Å². The lowest BCUT2D eigenvalue weighted by Gasteiger charge is -2.14. The minimum Gasteiger partial charge on any atom is -0.463 e. The molecule has 0 spiro atoms. The molecule has 0 aromatic rings. The third-order valence-electron chi connectivity index (χ3n) is 4.10. The number of ether oxygens (including phenoxy) is 1. The molecule has 0 bridgehead atoms. The average Bonchev–Trinajstić information content (AvgIpc) is 2.60. The minimum atomic E-state index is -0.106. The Hall–Kier alpha value is -0.530. The summed E-state index contributed by atoms with van der Waals surface area (Å²) < 4.78 is 5.30. The summed E-state index contributed by atoms with van der Waals surface area (Å²) in [5.41, 5.74) is 0. The molecule has 0 heterocycles. The van der Waals surface area contributed by atoms with Crippen molar-refractivity contribution in [2.24, 2.45) is 17.8 Å². The molecule has 2 rings (SSSR count). The number of fused-ring (bicyclic) bond motifs is 1. The Kier molecular flexibility index (Phi) is 3.32. The Balaban J connectivity index is 1.80. The maximum atomic E-state index is 10.9. The zero-order valence-corrected chi connectivity index (χ0v) is 9.87. The molecular formula is C13H22O2. The van der Waals surface area contributed by atoms with Crippen molar-refractivity contribution in [2.75, 3.05) is 0 Å². The van der Waals surface area contributed by atoms with Crippen LogP contribution >= 0.6 is 0 Å². The predicted octanol–water partition coefficient (Wildman–Crippen LogP) is 3.15. The predicted molar refractivity (Wildman–Crippen MR) is 59.4 cm³/mol. The average molecular weight is 210 g/mol. The van der Waals surface area contributed by atoms with Crippen molar-refractivity contribution in [3.05, 3.63) is 0 Å². The van der Waals surface area contributed by atoms with E-state index in [0.717, 1.165) is 30.6 Å². The van der Waals surface area contributed by atoms with E-state index in [-0.39, 0.29) is 12.1 Å². The summed E-state index contributed by atoms with van der Waals surface area (Å²) in [5, 5.41) is 0. The second-order valence-corrected chi connectivity index (χ2v) is 5.35. The number of hydrogen-bond donors (Lipinski definition) is 0. The van der Waals surface area contributed by atoms with Gasteiger partial charge in [-0.2, -0.15) is 0 Å². The van der Waals surface area contributed by atoms with Crippen LogP contribution in [0.5, 0.6) is 0 Å². The van der Waals surface area contributed by atoms with E-state index in [2.05, 4.69) is 6.92 Å². The van der Waals surface area contributed by atoms with Crippen LogP contribution in [-0.4, -0.2) is 12.1 Å². The molecule has 4 atom stereocenters. The van der Waals surface area contributed by atoms with Gasteiger partial charge in [-0.3, -0.25) is 4.79 Å². The van der Waals surface area contributed by atoms with Crippen LogP contribution in [0.15, 0.2) is 0 Å². The van der Waals surface area contributed by atoms with Crippen molar-refractivity contribution in [3.8, 4) is 0 Å². The fourth-order valence-electron chi connectivity index (χ4n) is 3.66. The number of carbonyl (C=O) groups is 1. The van der Waals surface area contributed by atoms with E-state index in [1.165, 1.54) is 32.6 Å². The summed E-state index contributed by atoms with van der Waals surface area (Å²) in [5.74, 6) is 2.56. The highest BCUT2D eigenvalue weighted by atomic mass is 16.5. The van der Waals surface area contributed by atoms with E-state index in [0.29, 0.717) is 0 Å². The van der Waals surface area contributed by atoms with Gasteiger partial charge >= 0.3 is 5.97 Å². The molecule has 2 aliphatic rings. The highest BCUT2D eigenvalue weighted by Crippen LogP contribution is 2.48. The van der Waals surface area contributed by atoms with Gasteiger partial charge in [0.2, 0.25) is 0 Å².